The van der Waals surface area contributed by atoms with Crippen molar-refractivity contribution in [2.45, 2.75) is 52.4 Å². The number of hydrogen-bond donors (Lipinski definition) is 0. The van der Waals surface area contributed by atoms with Gasteiger partial charge in [-0.2, -0.15) is 0 Å². The largest absolute Gasteiger partial charge is 0.250 e. The lowest BCUT2D eigenvalue weighted by Gasteiger charge is -2.16. The molecule has 0 radical (unpaired) electrons. The minimum atomic E-state index is -1.95. The van der Waals surface area contributed by atoms with Gasteiger partial charge < -0.3 is 0 Å². The molecule has 59 heteroatoms. The molecule has 12 rings (SSSR count). The Labute approximate surface area is 917 Å². The van der Waals surface area contributed by atoms with Crippen LogP contribution in [0.4, 0.5) is 4.39 Å². The number of aryl methyl sites for hydroxylation is 1. The molecule has 6 aromatic carbocycles. The molecule has 126 heavy (non-hydrogen) atoms. The molecule has 0 aliphatic rings. The predicted molar refractivity (Wildman–Crippen MR) is 530 cm³/mol. The highest BCUT2D eigenvalue weighted by Crippen LogP contribution is 2.49. The van der Waals surface area contributed by atoms with Crippen molar-refractivity contribution in [3.63, 3.8) is 0 Å². The third-order valence-corrected chi connectivity index (χ3v) is 21.2. The molecular weight excluding hydrogens is 2540 g/mol. The van der Waals surface area contributed by atoms with Crippen LogP contribution >= 0.6 is 468 Å². The van der Waals surface area contributed by atoms with Crippen LogP contribution in [-0.2, 0) is 45.5 Å². The van der Waals surface area contributed by atoms with Crippen LogP contribution in [0.2, 0.25) is 15.1 Å². The normalized spacial score (nSPS) is 12.5. The van der Waals surface area contributed by atoms with Gasteiger partial charge in [0, 0.05) is 37.3 Å². The summed E-state index contributed by atoms with van der Waals surface area (Å²) in [5, 5.41) is 1.12. The molecule has 0 aliphatic carbocycles. The highest BCUT2D eigenvalue weighted by Gasteiger charge is 2.41. The van der Waals surface area contributed by atoms with E-state index in [0.29, 0.717) is 38.4 Å². The lowest BCUT2D eigenvalue weighted by molar-refractivity contribution is 0.628. The minimum Gasteiger partial charge on any atom is -0.209 e. The quantitative estimate of drug-likeness (QED) is 0.141. The number of aromatic nitrogens is 18. The van der Waals surface area contributed by atoms with E-state index in [1.165, 1.54) is 24.3 Å². The van der Waals surface area contributed by atoms with Gasteiger partial charge >= 0.3 is 0 Å². The van der Waals surface area contributed by atoms with E-state index in [2.05, 4.69) is 106 Å². The van der Waals surface area contributed by atoms with Crippen LogP contribution in [0.1, 0.15) is 75.5 Å². The Morgan fingerprint density at radius 1 is 0.206 bits per heavy atom. The fourth-order valence-corrected chi connectivity index (χ4v) is 12.3. The summed E-state index contributed by atoms with van der Waals surface area (Å²) in [6.07, 6.45) is 0. The van der Waals surface area contributed by atoms with Crippen LogP contribution in [0.25, 0.3) is 68.3 Å². The van der Waals surface area contributed by atoms with Gasteiger partial charge in [0.25, 0.3) is 0 Å². The molecule has 0 bridgehead atoms. The Bertz CT molecular complexity index is 5040. The summed E-state index contributed by atoms with van der Waals surface area (Å²) in [7, 11) is 0. The summed E-state index contributed by atoms with van der Waals surface area (Å²) in [6, 6.07) is 40.4. The molecule has 6 heterocycles. The van der Waals surface area contributed by atoms with Crippen molar-refractivity contribution in [1.82, 2.24) is 89.7 Å². The van der Waals surface area contributed by atoms with E-state index in [9.17, 15) is 4.39 Å². The minimum absolute atomic E-state index is 0.0215. The number of halogens is 41. The van der Waals surface area contributed by atoms with Crippen molar-refractivity contribution >= 4 is 468 Å². The monoisotopic (exact) mass is 2540 g/mol. The fourth-order valence-electron chi connectivity index (χ4n) is 8.33. The summed E-state index contributed by atoms with van der Waals surface area (Å²) in [4.78, 5) is 72.2. The standard InChI is InChI=1S/C12H7Cl6N3.C11H4BrCl6N3.C11H3Cl8N3.C11H4Cl7N3.C11H4Cl6FN3.C11H5Cl6N3/c1-6-2-4-7(5-3-6)8-19-9(11(13,14)15)21-10(20-8)12(16,17)18;12-6-3-1-5(2-4-6)7-19-8(10(13,14)15)21-9(20-7)11(16,17)18;12-4-2-1-3-5(13)6(4)7-20-8(10(14,15)16)22-9(21-7)11(17,18)19;12-6-3-1-5(2-4-6)7-19-8(10(13,14)15)21-9(20-7)11(16,17)18;12-10(13,14)8-19-7(5-1-3-6(18)4-2-5)20-9(21-8)11(15,16)17;12-10(13,14)8-18-7(6-4-2-1-3-5-6)19-9(20-8)11(15,16)17/h2-5H,1H3;1-4H;1-3H;2*1-4H;1-5H. The Balaban J connectivity index is 0.000000207. The maximum absolute atomic E-state index is 13.0. The van der Waals surface area contributed by atoms with Gasteiger partial charge in [-0.15, -0.1) is 0 Å². The van der Waals surface area contributed by atoms with E-state index < -0.39 is 51.3 Å². The first-order chi connectivity index (χ1) is 57.5. The molecule has 12 aromatic rings. The molecule has 0 saturated heterocycles. The van der Waals surface area contributed by atoms with Crippen LogP contribution in [0.3, 0.4) is 0 Å². The fraction of sp³-hybridized carbons (Fsp3) is 0.194. The maximum atomic E-state index is 13.0. The zero-order chi connectivity index (χ0) is 95.0. The first kappa shape index (κ1) is 114. The second kappa shape index (κ2) is 46.9. The van der Waals surface area contributed by atoms with Crippen LogP contribution in [0, 0.1) is 12.7 Å². The van der Waals surface area contributed by atoms with Crippen molar-refractivity contribution < 1.29 is 4.39 Å². The van der Waals surface area contributed by atoms with Gasteiger partial charge in [-0.1, -0.05) is 547 Å². The highest BCUT2D eigenvalue weighted by atomic mass is 79.9. The van der Waals surface area contributed by atoms with Crippen LogP contribution < -0.4 is 0 Å². The maximum Gasteiger partial charge on any atom is 0.250 e. The van der Waals surface area contributed by atoms with Gasteiger partial charge in [0.05, 0.1) is 15.6 Å². The van der Waals surface area contributed by atoms with Crippen LogP contribution in [0.5, 0.6) is 0 Å². The topological polar surface area (TPSA) is 232 Å². The highest BCUT2D eigenvalue weighted by molar-refractivity contribution is 9.10. The van der Waals surface area contributed by atoms with Gasteiger partial charge in [-0.05, 0) is 79.7 Å². The smallest absolute Gasteiger partial charge is 0.209 e. The Hall–Kier alpha value is 1.10. The molecule has 672 valence electrons. The van der Waals surface area contributed by atoms with E-state index in [4.69, 9.17) is 452 Å². The first-order valence-electron chi connectivity index (χ1n) is 31.7. The lowest BCUT2D eigenvalue weighted by Crippen LogP contribution is -2.17. The predicted octanol–water partition coefficient (Wildman–Crippen LogP) is 34.3. The zero-order valence-corrected chi connectivity index (χ0v) is 90.5. The molecule has 18 nitrogen and oxygen atoms in total. The molecule has 0 N–H and O–H groups in total. The number of nitrogens with zero attached hydrogens (tertiary/aromatic N) is 18. The van der Waals surface area contributed by atoms with Crippen molar-refractivity contribution in [2.75, 3.05) is 0 Å². The van der Waals surface area contributed by atoms with E-state index in [-0.39, 0.29) is 115 Å². The average Bonchev–Trinajstić information content (AvgIpc) is 0.800. The third kappa shape index (κ3) is 36.1. The summed E-state index contributed by atoms with van der Waals surface area (Å²) in [5.41, 5.74) is 4.47. The second-order valence-corrected chi connectivity index (χ2v) is 52.7. The van der Waals surface area contributed by atoms with E-state index in [0.717, 1.165) is 10.0 Å². The molecular formula is C67H27BrCl39FN18. The average molecular weight is 2570 g/mol. The van der Waals surface area contributed by atoms with Crippen LogP contribution in [-0.4, -0.2) is 89.7 Å². The molecule has 0 fully saturated rings. The Morgan fingerprint density at radius 2 is 0.389 bits per heavy atom. The van der Waals surface area contributed by atoms with Gasteiger partial charge in [0.15, 0.2) is 105 Å². The van der Waals surface area contributed by atoms with Crippen molar-refractivity contribution in [1.29, 1.82) is 0 Å². The summed E-state index contributed by atoms with van der Waals surface area (Å²) < 4.78 is -8.80. The Kier molecular flexibility index (Phi) is 42.5. The van der Waals surface area contributed by atoms with Gasteiger partial charge in [0.2, 0.25) is 45.5 Å². The number of benzene rings is 6. The third-order valence-electron chi connectivity index (χ3n) is 13.7. The number of alkyl halides is 36. The van der Waals surface area contributed by atoms with E-state index in [1.807, 2.05) is 61.5 Å². The Morgan fingerprint density at radius 3 is 0.603 bits per heavy atom. The number of hydrogen-bond acceptors (Lipinski definition) is 18. The SMILES string of the molecule is Cc1ccc(-c2nc(C(Cl)(Cl)Cl)nc(C(Cl)(Cl)Cl)n2)cc1.ClC(Cl)(Cl)c1nc(-c2ccc(Br)cc2)nc(C(Cl)(Cl)Cl)n1.ClC(Cl)(Cl)c1nc(-c2ccccc2)nc(C(Cl)(Cl)Cl)n1.Clc1ccc(-c2nc(C(Cl)(Cl)Cl)nc(C(Cl)(Cl)Cl)n2)cc1.Clc1cccc(Cl)c1-c1nc(C(Cl)(Cl)Cl)nc(C(Cl)(Cl)Cl)n1.Fc1ccc(-c2nc(C(Cl)(Cl)Cl)nc(C(Cl)(Cl)Cl)n2)cc1. The summed E-state index contributed by atoms with van der Waals surface area (Å²) >= 11 is 230. The van der Waals surface area contributed by atoms with Gasteiger partial charge in [-0.3, -0.25) is 0 Å². The molecule has 0 unspecified atom stereocenters. The van der Waals surface area contributed by atoms with Crippen molar-refractivity contribution in [3.05, 3.63) is 246 Å². The molecule has 0 aliphatic heterocycles. The lowest BCUT2D eigenvalue weighted by atomic mass is 10.1. The van der Waals surface area contributed by atoms with E-state index in [1.54, 1.807) is 66.7 Å². The number of rotatable bonds is 6. The molecule has 6 aromatic heterocycles. The van der Waals surface area contributed by atoms with E-state index >= 15 is 0 Å². The molecule has 0 amide bonds. The van der Waals surface area contributed by atoms with Gasteiger partial charge in [-0.25, -0.2) is 94.1 Å². The first-order valence-corrected chi connectivity index (χ1v) is 47.3. The van der Waals surface area contributed by atoms with Crippen LogP contribution in [0.15, 0.2) is 150 Å². The second-order valence-electron chi connectivity index (χ2n) is 23.2. The summed E-state index contributed by atoms with van der Waals surface area (Å²) in [5.74, 6) is -1.21. The van der Waals surface area contributed by atoms with Crippen molar-refractivity contribution in [3.8, 4) is 68.3 Å². The van der Waals surface area contributed by atoms with Gasteiger partial charge in [0.1, 0.15) is 5.82 Å². The van der Waals surface area contributed by atoms with Crippen molar-refractivity contribution in [2.24, 2.45) is 0 Å². The molecule has 0 atom stereocenters. The molecule has 0 saturated carbocycles. The zero-order valence-electron chi connectivity index (χ0n) is 59.4. The molecule has 0 spiro atoms. The summed E-state index contributed by atoms with van der Waals surface area (Å²) in [6.45, 7) is 1.96.